The highest BCUT2D eigenvalue weighted by Crippen LogP contribution is 1.90. The van der Waals surface area contributed by atoms with Crippen LogP contribution < -0.4 is 0 Å². The van der Waals surface area contributed by atoms with Crippen LogP contribution in [0.3, 0.4) is 0 Å². The molecular weight excluding hydrogens is 118 g/mol. The van der Waals surface area contributed by atoms with Crippen molar-refractivity contribution < 1.29 is 15.2 Å². The third kappa shape index (κ3) is 3.98. The maximum Gasteiger partial charge on any atom is 0.202 e. The van der Waals surface area contributed by atoms with Crippen molar-refractivity contribution in [2.45, 2.75) is 13.8 Å². The highest BCUT2D eigenvalue weighted by atomic mass is 16.8. The van der Waals surface area contributed by atoms with Crippen molar-refractivity contribution in [3.05, 3.63) is 0 Å². The second kappa shape index (κ2) is 3.46. The summed E-state index contributed by atoms with van der Waals surface area (Å²) in [5, 5.41) is 17.7. The van der Waals surface area contributed by atoms with Gasteiger partial charge in [-0.15, -0.1) is 5.92 Å². The first-order chi connectivity index (χ1) is 4.12. The highest BCUT2D eigenvalue weighted by molar-refractivity contribution is 4.94. The molecule has 0 aliphatic heterocycles. The van der Waals surface area contributed by atoms with Gasteiger partial charge in [-0.05, 0) is 24.6 Å². The first kappa shape index (κ1) is 8.44. The van der Waals surface area contributed by atoms with Crippen LogP contribution in [0.15, 0.2) is 0 Å². The predicted molar refractivity (Wildman–Crippen MR) is 32.7 cm³/mol. The first-order valence-corrected chi connectivity index (χ1v) is 2.84. The largest absolute Gasteiger partial charge is 0.202 e. The van der Waals surface area contributed by atoms with Crippen molar-refractivity contribution in [1.82, 2.24) is 0 Å². The molecule has 0 aromatic rings. The molecule has 0 aromatic carbocycles. The van der Waals surface area contributed by atoms with Crippen molar-refractivity contribution in [2.75, 3.05) is 13.1 Å². The Kier molecular flexibility index (Phi) is 3.25. The SMILES string of the molecule is CC#CC[N+](O)(O)CC. The van der Waals surface area contributed by atoms with Gasteiger partial charge in [-0.2, -0.15) is 10.4 Å². The average Bonchev–Trinajstić information content (AvgIpc) is 1.84. The minimum atomic E-state index is -0.999. The van der Waals surface area contributed by atoms with E-state index in [9.17, 15) is 0 Å². The van der Waals surface area contributed by atoms with Gasteiger partial charge in [0, 0.05) is 0 Å². The average molecular weight is 130 g/mol. The van der Waals surface area contributed by atoms with Crippen LogP contribution in [0, 0.1) is 11.8 Å². The Morgan fingerprint density at radius 1 is 1.44 bits per heavy atom. The Morgan fingerprint density at radius 2 is 2.00 bits per heavy atom. The molecule has 0 aliphatic carbocycles. The summed E-state index contributed by atoms with van der Waals surface area (Å²) < 4.78 is 0. The molecular formula is C6H12NO2+. The number of quaternary nitrogens is 1. The molecule has 0 aromatic heterocycles. The molecule has 0 amide bonds. The quantitative estimate of drug-likeness (QED) is 0.327. The zero-order valence-electron chi connectivity index (χ0n) is 5.76. The Morgan fingerprint density at radius 3 is 2.33 bits per heavy atom. The Bertz CT molecular complexity index is 132. The number of hydrogen-bond donors (Lipinski definition) is 2. The fourth-order valence-corrected chi connectivity index (χ4v) is 0.317. The van der Waals surface area contributed by atoms with Gasteiger partial charge in [0.2, 0.25) is 6.54 Å². The molecule has 0 saturated heterocycles. The molecule has 52 valence electrons. The molecule has 0 aliphatic rings. The van der Waals surface area contributed by atoms with Crippen molar-refractivity contribution in [3.8, 4) is 11.8 Å². The van der Waals surface area contributed by atoms with E-state index in [4.69, 9.17) is 10.4 Å². The molecule has 0 atom stereocenters. The van der Waals surface area contributed by atoms with Crippen LogP contribution in [0.2, 0.25) is 0 Å². The lowest BCUT2D eigenvalue weighted by atomic mass is 10.5. The van der Waals surface area contributed by atoms with Gasteiger partial charge in [0.05, 0.1) is 0 Å². The molecule has 0 bridgehead atoms. The summed E-state index contributed by atoms with van der Waals surface area (Å²) in [5.41, 5.74) is 0. The van der Waals surface area contributed by atoms with Crippen LogP contribution in [0.5, 0.6) is 0 Å². The monoisotopic (exact) mass is 130 g/mol. The number of hydrogen-bond acceptors (Lipinski definition) is 2. The molecule has 2 N–H and O–H groups in total. The van der Waals surface area contributed by atoms with Gasteiger partial charge in [0.25, 0.3) is 0 Å². The molecule has 0 fully saturated rings. The summed E-state index contributed by atoms with van der Waals surface area (Å²) in [5.74, 6) is 5.13. The van der Waals surface area contributed by atoms with E-state index in [0.717, 1.165) is 0 Å². The Balaban J connectivity index is 3.67. The number of rotatable bonds is 2. The van der Waals surface area contributed by atoms with Crippen LogP contribution in [0.4, 0.5) is 0 Å². The lowest BCUT2D eigenvalue weighted by Crippen LogP contribution is -2.40. The minimum Gasteiger partial charge on any atom is -0.181 e. The van der Waals surface area contributed by atoms with E-state index in [-0.39, 0.29) is 13.1 Å². The van der Waals surface area contributed by atoms with E-state index in [0.29, 0.717) is 0 Å². The summed E-state index contributed by atoms with van der Waals surface area (Å²) in [6, 6.07) is 0. The van der Waals surface area contributed by atoms with Gasteiger partial charge in [-0.25, -0.2) is 0 Å². The second-order valence-corrected chi connectivity index (χ2v) is 1.78. The normalized spacial score (nSPS) is 10.2. The molecule has 0 spiro atoms. The Labute approximate surface area is 55.0 Å². The van der Waals surface area contributed by atoms with Gasteiger partial charge in [0.15, 0.2) is 0 Å². The van der Waals surface area contributed by atoms with Crippen molar-refractivity contribution in [3.63, 3.8) is 0 Å². The van der Waals surface area contributed by atoms with Crippen molar-refractivity contribution in [1.29, 1.82) is 0 Å². The smallest absolute Gasteiger partial charge is 0.181 e. The van der Waals surface area contributed by atoms with E-state index in [2.05, 4.69) is 11.8 Å². The topological polar surface area (TPSA) is 40.5 Å². The second-order valence-electron chi connectivity index (χ2n) is 1.78. The van der Waals surface area contributed by atoms with Gasteiger partial charge < -0.3 is 0 Å². The lowest BCUT2D eigenvalue weighted by Gasteiger charge is -2.15. The molecule has 0 unspecified atom stereocenters. The third-order valence-corrected chi connectivity index (χ3v) is 1.02. The fourth-order valence-electron chi connectivity index (χ4n) is 0.317. The Hall–Kier alpha value is -0.560. The first-order valence-electron chi connectivity index (χ1n) is 2.84. The number of nitrogens with zero attached hydrogens (tertiary/aromatic N) is 1. The highest BCUT2D eigenvalue weighted by Gasteiger charge is 2.16. The molecule has 0 rings (SSSR count). The zero-order chi connectivity index (χ0) is 7.33. The van der Waals surface area contributed by atoms with Gasteiger partial charge in [-0.1, -0.05) is 0 Å². The van der Waals surface area contributed by atoms with Crippen LogP contribution in [-0.4, -0.2) is 28.3 Å². The van der Waals surface area contributed by atoms with E-state index < -0.39 is 4.81 Å². The summed E-state index contributed by atoms with van der Waals surface area (Å²) in [4.78, 5) is -0.999. The molecule has 3 heteroatoms. The molecule has 3 nitrogen and oxygen atoms in total. The minimum absolute atomic E-state index is 0.0764. The van der Waals surface area contributed by atoms with Crippen LogP contribution in [0.25, 0.3) is 0 Å². The van der Waals surface area contributed by atoms with Crippen molar-refractivity contribution in [2.24, 2.45) is 0 Å². The predicted octanol–water partition coefficient (Wildman–Crippen LogP) is 0.625. The summed E-state index contributed by atoms with van der Waals surface area (Å²) >= 11 is 0. The van der Waals surface area contributed by atoms with Gasteiger partial charge in [0.1, 0.15) is 6.54 Å². The van der Waals surface area contributed by atoms with Gasteiger partial charge >= 0.3 is 0 Å². The maximum absolute atomic E-state index is 8.84. The third-order valence-electron chi connectivity index (χ3n) is 1.02. The standard InChI is InChI=1S/C6H12NO2/c1-3-5-6-7(8,9)4-2/h8-9H,4,6H2,1-2H3/q+1. The maximum atomic E-state index is 8.84. The van der Waals surface area contributed by atoms with Crippen molar-refractivity contribution >= 4 is 0 Å². The summed E-state index contributed by atoms with van der Waals surface area (Å²) in [7, 11) is 0. The van der Waals surface area contributed by atoms with E-state index >= 15 is 0 Å². The van der Waals surface area contributed by atoms with Gasteiger partial charge in [-0.3, -0.25) is 0 Å². The zero-order valence-corrected chi connectivity index (χ0v) is 5.76. The van der Waals surface area contributed by atoms with E-state index in [1.165, 1.54) is 0 Å². The lowest BCUT2D eigenvalue weighted by molar-refractivity contribution is -1.24. The molecule has 0 saturated carbocycles. The van der Waals surface area contributed by atoms with E-state index in [1.807, 2.05) is 0 Å². The van der Waals surface area contributed by atoms with E-state index in [1.54, 1.807) is 13.8 Å². The molecule has 0 heterocycles. The summed E-state index contributed by atoms with van der Waals surface area (Å²) in [6.45, 7) is 3.68. The van der Waals surface area contributed by atoms with Crippen LogP contribution >= 0.6 is 0 Å². The molecule has 0 radical (unpaired) electrons. The molecule has 9 heavy (non-hydrogen) atoms. The fraction of sp³-hybridized carbons (Fsp3) is 0.667. The van der Waals surface area contributed by atoms with Crippen LogP contribution in [-0.2, 0) is 0 Å². The number of hydroxylamine groups is 4. The van der Waals surface area contributed by atoms with Crippen LogP contribution in [0.1, 0.15) is 13.8 Å². The summed E-state index contributed by atoms with van der Waals surface area (Å²) in [6.07, 6.45) is 0.